The number of unbranched alkanes of at least 4 members (excludes halogenated alkanes) is 1. The summed E-state index contributed by atoms with van der Waals surface area (Å²) in [5.74, 6) is 0.506. The molecule has 1 aromatic carbocycles. The first-order valence-corrected chi connectivity index (χ1v) is 12.1. The number of hydrogen-bond donors (Lipinski definition) is 1. The van der Waals surface area contributed by atoms with Gasteiger partial charge in [-0.3, -0.25) is 9.59 Å². The monoisotopic (exact) mass is 457 g/mol. The second-order valence-corrected chi connectivity index (χ2v) is 10.0. The molecule has 0 atom stereocenters. The first-order chi connectivity index (χ1) is 15.0. The van der Waals surface area contributed by atoms with Gasteiger partial charge in [-0.1, -0.05) is 55.5 Å². The number of ketones is 1. The number of rotatable bonds is 12. The molecular weight excluding hydrogens is 430 g/mol. The molecule has 1 amide bonds. The fraction of sp³-hybridized carbons (Fsp3) is 0.455. The predicted octanol–water partition coefficient (Wildman–Crippen LogP) is 4.29. The summed E-state index contributed by atoms with van der Waals surface area (Å²) in [6, 6.07) is 9.61. The number of anilines is 1. The molecule has 0 aliphatic heterocycles. The van der Waals surface area contributed by atoms with E-state index >= 15 is 0 Å². The Bertz CT molecular complexity index is 985. The standard InChI is InChI=1S/C22H27N5O2S2/c1-15(2)12-17(28)14-21-26-24-19(30-21)10-6-7-11-20-25-27-22(31-20)23-18(29)13-16-8-4-3-5-9-16/h3-5,8-9,15H,6-7,10-14H2,1-2H3,(H,23,27,29). The fourth-order valence-corrected chi connectivity index (χ4v) is 4.77. The minimum Gasteiger partial charge on any atom is -0.300 e. The highest BCUT2D eigenvalue weighted by Crippen LogP contribution is 2.19. The molecule has 2 aromatic heterocycles. The third-order valence-electron chi connectivity index (χ3n) is 4.44. The van der Waals surface area contributed by atoms with Crippen molar-refractivity contribution in [3.8, 4) is 0 Å². The maximum Gasteiger partial charge on any atom is 0.230 e. The van der Waals surface area contributed by atoms with Crippen molar-refractivity contribution < 1.29 is 9.59 Å². The van der Waals surface area contributed by atoms with Gasteiger partial charge in [-0.05, 0) is 24.3 Å². The molecule has 0 saturated heterocycles. The van der Waals surface area contributed by atoms with Crippen molar-refractivity contribution in [3.63, 3.8) is 0 Å². The molecule has 0 aliphatic carbocycles. The summed E-state index contributed by atoms with van der Waals surface area (Å²) < 4.78 is 0. The van der Waals surface area contributed by atoms with Crippen LogP contribution >= 0.6 is 22.7 Å². The molecule has 0 spiro atoms. The first-order valence-electron chi connectivity index (χ1n) is 10.5. The lowest BCUT2D eigenvalue weighted by Gasteiger charge is -2.01. The number of amides is 1. The van der Waals surface area contributed by atoms with Crippen molar-refractivity contribution in [2.24, 2.45) is 5.92 Å². The Morgan fingerprint density at radius 3 is 2.23 bits per heavy atom. The van der Waals surface area contributed by atoms with Crippen molar-refractivity contribution in [3.05, 3.63) is 50.9 Å². The summed E-state index contributed by atoms with van der Waals surface area (Å²) >= 11 is 2.95. The van der Waals surface area contributed by atoms with Crippen molar-refractivity contribution in [2.45, 2.75) is 58.8 Å². The largest absolute Gasteiger partial charge is 0.300 e. The number of benzene rings is 1. The Morgan fingerprint density at radius 1 is 0.871 bits per heavy atom. The van der Waals surface area contributed by atoms with Gasteiger partial charge < -0.3 is 5.32 Å². The van der Waals surface area contributed by atoms with Crippen LogP contribution < -0.4 is 5.32 Å². The van der Waals surface area contributed by atoms with E-state index in [2.05, 4.69) is 25.7 Å². The average Bonchev–Trinajstić information content (AvgIpc) is 3.34. The Labute approximate surface area is 190 Å². The molecule has 3 rings (SSSR count). The molecule has 0 unspecified atom stereocenters. The van der Waals surface area contributed by atoms with Gasteiger partial charge in [-0.2, -0.15) is 0 Å². The molecular formula is C22H27N5O2S2. The van der Waals surface area contributed by atoms with Gasteiger partial charge in [0.2, 0.25) is 11.0 Å². The molecule has 2 heterocycles. The van der Waals surface area contributed by atoms with E-state index in [0.29, 0.717) is 30.3 Å². The van der Waals surface area contributed by atoms with Gasteiger partial charge in [-0.25, -0.2) is 0 Å². The van der Waals surface area contributed by atoms with Crippen molar-refractivity contribution >= 4 is 39.5 Å². The number of hydrogen-bond acceptors (Lipinski definition) is 8. The summed E-state index contributed by atoms with van der Waals surface area (Å²) in [5.41, 5.74) is 0.967. The topological polar surface area (TPSA) is 97.7 Å². The van der Waals surface area contributed by atoms with Crippen LogP contribution in [-0.2, 0) is 35.3 Å². The van der Waals surface area contributed by atoms with E-state index in [9.17, 15) is 9.59 Å². The number of carbonyl (C=O) groups excluding carboxylic acids is 2. The van der Waals surface area contributed by atoms with Gasteiger partial charge in [0.15, 0.2) is 0 Å². The molecule has 0 bridgehead atoms. The van der Waals surface area contributed by atoms with Crippen LogP contribution in [-0.4, -0.2) is 32.1 Å². The number of carbonyl (C=O) groups is 2. The third-order valence-corrected chi connectivity index (χ3v) is 6.33. The summed E-state index contributed by atoms with van der Waals surface area (Å²) in [7, 11) is 0. The molecule has 164 valence electrons. The minimum absolute atomic E-state index is 0.0900. The van der Waals surface area contributed by atoms with Crippen LogP contribution in [0.15, 0.2) is 30.3 Å². The molecule has 31 heavy (non-hydrogen) atoms. The van der Waals surface area contributed by atoms with Gasteiger partial charge in [0, 0.05) is 19.3 Å². The molecule has 3 aromatic rings. The Kier molecular flexibility index (Phi) is 8.78. The summed E-state index contributed by atoms with van der Waals surface area (Å²) in [4.78, 5) is 24.0. The van der Waals surface area contributed by atoms with E-state index in [1.165, 1.54) is 22.7 Å². The van der Waals surface area contributed by atoms with Crippen LogP contribution in [0.2, 0.25) is 0 Å². The van der Waals surface area contributed by atoms with Crippen LogP contribution in [0, 0.1) is 5.92 Å². The molecule has 0 radical (unpaired) electrons. The highest BCUT2D eigenvalue weighted by atomic mass is 32.1. The summed E-state index contributed by atoms with van der Waals surface area (Å²) in [6.07, 6.45) is 4.87. The SMILES string of the molecule is CC(C)CC(=O)Cc1nnc(CCCCc2nnc(NC(=O)Cc3ccccc3)s2)s1. The fourth-order valence-electron chi connectivity index (χ4n) is 3.06. The van der Waals surface area contributed by atoms with Gasteiger partial charge in [0.1, 0.15) is 20.8 Å². The normalized spacial score (nSPS) is 11.1. The van der Waals surface area contributed by atoms with E-state index in [4.69, 9.17) is 0 Å². The Morgan fingerprint density at radius 2 is 1.52 bits per heavy atom. The van der Waals surface area contributed by atoms with Gasteiger partial charge in [0.25, 0.3) is 0 Å². The Balaban J connectivity index is 1.36. The van der Waals surface area contributed by atoms with E-state index in [1.807, 2.05) is 44.2 Å². The van der Waals surface area contributed by atoms with Crippen LogP contribution in [0.3, 0.4) is 0 Å². The van der Waals surface area contributed by atoms with E-state index < -0.39 is 0 Å². The zero-order chi connectivity index (χ0) is 22.1. The Hall–Kier alpha value is -2.52. The smallest absolute Gasteiger partial charge is 0.230 e. The highest BCUT2D eigenvalue weighted by Gasteiger charge is 2.12. The molecule has 0 fully saturated rings. The lowest BCUT2D eigenvalue weighted by molar-refractivity contribution is -0.119. The summed E-state index contributed by atoms with van der Waals surface area (Å²) in [6.45, 7) is 4.09. The van der Waals surface area contributed by atoms with Gasteiger partial charge >= 0.3 is 0 Å². The van der Waals surface area contributed by atoms with Crippen molar-refractivity contribution in [1.82, 2.24) is 20.4 Å². The third kappa shape index (κ3) is 8.26. The molecule has 1 N–H and O–H groups in total. The van der Waals surface area contributed by atoms with Crippen molar-refractivity contribution in [2.75, 3.05) is 5.32 Å². The number of nitrogens with one attached hydrogen (secondary N) is 1. The van der Waals surface area contributed by atoms with E-state index in [-0.39, 0.29) is 11.7 Å². The second-order valence-electron chi connectivity index (χ2n) is 7.82. The number of nitrogens with zero attached hydrogens (tertiary/aromatic N) is 4. The number of Topliss-reactive ketones (excluding diaryl/α,β-unsaturated/α-hetero) is 1. The predicted molar refractivity (Wildman–Crippen MR) is 123 cm³/mol. The van der Waals surface area contributed by atoms with Gasteiger partial charge in [-0.15, -0.1) is 31.7 Å². The highest BCUT2D eigenvalue weighted by molar-refractivity contribution is 7.15. The maximum absolute atomic E-state index is 12.1. The minimum atomic E-state index is -0.0900. The summed E-state index contributed by atoms with van der Waals surface area (Å²) in [5, 5.41) is 22.6. The van der Waals surface area contributed by atoms with Crippen LogP contribution in [0.25, 0.3) is 0 Å². The van der Waals surface area contributed by atoms with Gasteiger partial charge in [0.05, 0.1) is 12.8 Å². The zero-order valence-electron chi connectivity index (χ0n) is 17.8. The van der Waals surface area contributed by atoms with E-state index in [0.717, 1.165) is 46.3 Å². The van der Waals surface area contributed by atoms with Crippen LogP contribution in [0.4, 0.5) is 5.13 Å². The molecule has 0 aliphatic rings. The van der Waals surface area contributed by atoms with Crippen LogP contribution in [0.1, 0.15) is 53.7 Å². The lowest BCUT2D eigenvalue weighted by atomic mass is 10.1. The van der Waals surface area contributed by atoms with Crippen LogP contribution in [0.5, 0.6) is 0 Å². The zero-order valence-corrected chi connectivity index (χ0v) is 19.5. The first kappa shape index (κ1) is 23.1. The quantitative estimate of drug-likeness (QED) is 0.407. The lowest BCUT2D eigenvalue weighted by Crippen LogP contribution is -2.14. The molecule has 9 heteroatoms. The number of aromatic nitrogens is 4. The molecule has 0 saturated carbocycles. The van der Waals surface area contributed by atoms with Crippen molar-refractivity contribution in [1.29, 1.82) is 0 Å². The maximum atomic E-state index is 12.1. The van der Waals surface area contributed by atoms with E-state index in [1.54, 1.807) is 0 Å². The second kappa shape index (κ2) is 11.8. The molecule has 7 nitrogen and oxygen atoms in total. The average molecular weight is 458 g/mol. The number of aryl methyl sites for hydroxylation is 2.